The predicted octanol–water partition coefficient (Wildman–Crippen LogP) is 6.47. The number of aliphatic hydroxyl groups excluding tert-OH is 1. The lowest BCUT2D eigenvalue weighted by molar-refractivity contribution is -0.108. The van der Waals surface area contributed by atoms with Gasteiger partial charge in [0.15, 0.2) is 0 Å². The Morgan fingerprint density at radius 1 is 1.00 bits per heavy atom. The van der Waals surface area contributed by atoms with Crippen molar-refractivity contribution >= 4 is 18.0 Å². The van der Waals surface area contributed by atoms with E-state index in [0.29, 0.717) is 31.7 Å². The molecule has 3 aromatic rings. The van der Waals surface area contributed by atoms with Gasteiger partial charge in [-0.05, 0) is 85.0 Å². The van der Waals surface area contributed by atoms with Gasteiger partial charge < -0.3 is 28.8 Å². The Bertz CT molecular complexity index is 1240. The number of fused-ring (bicyclic) bond motifs is 1. The molecule has 0 aromatic heterocycles. The fourth-order valence-electron chi connectivity index (χ4n) is 5.26. The summed E-state index contributed by atoms with van der Waals surface area (Å²) in [5, 5.41) is 7.00. The topological polar surface area (TPSA) is 74.2 Å². The first kappa shape index (κ1) is 29.0. The van der Waals surface area contributed by atoms with Crippen LogP contribution in [0.25, 0.3) is 11.1 Å². The van der Waals surface area contributed by atoms with E-state index < -0.39 is 0 Å². The summed E-state index contributed by atoms with van der Waals surface area (Å²) in [5.74, 6) is 2.61. The van der Waals surface area contributed by atoms with E-state index in [1.54, 1.807) is 11.8 Å². The van der Waals surface area contributed by atoms with Crippen LogP contribution in [0.5, 0.6) is 17.2 Å². The predicted molar refractivity (Wildman–Crippen MR) is 156 cm³/mol. The van der Waals surface area contributed by atoms with Gasteiger partial charge in [-0.2, -0.15) is 0 Å². The minimum atomic E-state index is 0.144. The van der Waals surface area contributed by atoms with Crippen molar-refractivity contribution in [3.05, 3.63) is 76.9 Å². The third kappa shape index (κ3) is 7.15. The van der Waals surface area contributed by atoms with Gasteiger partial charge in [0.2, 0.25) is 0 Å². The Labute approximate surface area is 235 Å². The number of aliphatic hydroxyl groups is 1. The van der Waals surface area contributed by atoms with Crippen molar-refractivity contribution in [2.75, 3.05) is 26.6 Å². The van der Waals surface area contributed by atoms with Crippen LogP contribution < -0.4 is 14.2 Å². The van der Waals surface area contributed by atoms with Crippen molar-refractivity contribution < 1.29 is 28.8 Å². The van der Waals surface area contributed by atoms with Crippen molar-refractivity contribution in [1.29, 1.82) is 0 Å². The minimum Gasteiger partial charge on any atom is -0.492 e. The molecule has 3 atom stereocenters. The number of hydrogen-bond donors (Lipinski definition) is 1. The van der Waals surface area contributed by atoms with Gasteiger partial charge >= 0.3 is 0 Å². The van der Waals surface area contributed by atoms with E-state index in [0.717, 1.165) is 54.6 Å². The summed E-state index contributed by atoms with van der Waals surface area (Å²) in [7, 11) is 1.00. The maximum absolute atomic E-state index is 10.9. The molecular weight excluding hydrogens is 512 g/mol. The van der Waals surface area contributed by atoms with Crippen molar-refractivity contribution in [1.82, 2.24) is 0 Å². The lowest BCUT2D eigenvalue weighted by Crippen LogP contribution is -2.18. The number of ether oxygens (including phenoxy) is 4. The molecule has 6 nitrogen and oxygen atoms in total. The molecule has 5 rings (SSSR count). The van der Waals surface area contributed by atoms with Gasteiger partial charge in [0.05, 0.1) is 12.7 Å². The van der Waals surface area contributed by atoms with Gasteiger partial charge in [-0.15, -0.1) is 11.8 Å². The van der Waals surface area contributed by atoms with Crippen LogP contribution >= 0.6 is 11.8 Å². The van der Waals surface area contributed by atoms with E-state index in [9.17, 15) is 4.79 Å². The molecule has 7 heteroatoms. The molecule has 1 fully saturated rings. The zero-order chi connectivity index (χ0) is 27.8. The molecular formula is C32H38O6S. The summed E-state index contributed by atoms with van der Waals surface area (Å²) in [5.41, 5.74) is 7.23. The van der Waals surface area contributed by atoms with Crippen LogP contribution in [0.3, 0.4) is 0 Å². The summed E-state index contributed by atoms with van der Waals surface area (Å²) in [6.07, 6.45) is 5.85. The molecule has 1 saturated heterocycles. The van der Waals surface area contributed by atoms with Crippen LogP contribution in [0.2, 0.25) is 0 Å². The number of carbonyl (C=O) groups is 1. The van der Waals surface area contributed by atoms with Crippen molar-refractivity contribution in [2.24, 2.45) is 0 Å². The number of hydrogen-bond acceptors (Lipinski definition) is 7. The molecule has 0 amide bonds. The first-order chi connectivity index (χ1) is 19.0. The number of benzene rings is 3. The molecule has 2 heterocycles. The van der Waals surface area contributed by atoms with Gasteiger partial charge in [-0.1, -0.05) is 24.3 Å². The third-order valence-electron chi connectivity index (χ3n) is 7.14. The first-order valence-corrected chi connectivity index (χ1v) is 14.6. The highest BCUT2D eigenvalue weighted by Crippen LogP contribution is 2.38. The summed E-state index contributed by atoms with van der Waals surface area (Å²) >= 11 is 1.77. The SMILES string of the molecule is CO.CSC1CCC(COc2cc(C)c(-c3cccc(COc4ccc5c(c4)OCC5CC=O)c3)c(C)c2)O1. The van der Waals surface area contributed by atoms with Gasteiger partial charge in [-0.25, -0.2) is 0 Å². The zero-order valence-corrected chi connectivity index (χ0v) is 24.0. The molecule has 2 aliphatic rings. The van der Waals surface area contributed by atoms with Crippen LogP contribution in [-0.2, 0) is 16.1 Å². The summed E-state index contributed by atoms with van der Waals surface area (Å²) in [6, 6.07) is 18.6. The number of aldehydes is 1. The molecule has 1 N–H and O–H groups in total. The monoisotopic (exact) mass is 550 g/mol. The second-order valence-corrected chi connectivity index (χ2v) is 10.8. The molecule has 3 aromatic carbocycles. The Hall–Kier alpha value is -3.00. The standard InChI is InChI=1S/C31H34O5S.CH4O/c1-20-13-27(34-19-26-8-10-30(36-26)37-3)14-21(2)31(20)23-6-4-5-22(15-23)17-33-25-7-9-28-24(11-12-32)18-35-29(28)16-25;1-2/h4-7,9,12-16,24,26,30H,8,10-11,17-19H2,1-3H3;2H,1H3. The second-order valence-electron chi connectivity index (χ2n) is 9.84. The molecule has 208 valence electrons. The Morgan fingerprint density at radius 2 is 1.79 bits per heavy atom. The normalized spacial score (nSPS) is 19.5. The van der Waals surface area contributed by atoms with E-state index in [2.05, 4.69) is 56.5 Å². The molecule has 0 spiro atoms. The first-order valence-electron chi connectivity index (χ1n) is 13.3. The highest BCUT2D eigenvalue weighted by atomic mass is 32.2. The Morgan fingerprint density at radius 3 is 2.51 bits per heavy atom. The average Bonchev–Trinajstić information content (AvgIpc) is 3.59. The third-order valence-corrected chi connectivity index (χ3v) is 8.01. The van der Waals surface area contributed by atoms with Crippen molar-refractivity contribution in [3.63, 3.8) is 0 Å². The quantitative estimate of drug-likeness (QED) is 0.290. The van der Waals surface area contributed by atoms with Crippen molar-refractivity contribution in [2.45, 2.75) is 57.2 Å². The van der Waals surface area contributed by atoms with Crippen LogP contribution in [0.4, 0.5) is 0 Å². The van der Waals surface area contributed by atoms with E-state index in [1.807, 2.05) is 18.2 Å². The molecule has 2 aliphatic heterocycles. The molecule has 0 radical (unpaired) electrons. The number of rotatable bonds is 10. The Balaban J connectivity index is 0.00000172. The van der Waals surface area contributed by atoms with Crippen molar-refractivity contribution in [3.8, 4) is 28.4 Å². The minimum absolute atomic E-state index is 0.144. The summed E-state index contributed by atoms with van der Waals surface area (Å²) in [4.78, 5) is 10.9. The summed E-state index contributed by atoms with van der Waals surface area (Å²) in [6.45, 7) is 5.87. The van der Waals surface area contributed by atoms with Gasteiger partial charge in [-0.3, -0.25) is 0 Å². The highest BCUT2D eigenvalue weighted by Gasteiger charge is 2.25. The highest BCUT2D eigenvalue weighted by molar-refractivity contribution is 7.99. The van der Waals surface area contributed by atoms with Crippen LogP contribution in [-0.4, -0.2) is 49.5 Å². The Kier molecular flexibility index (Phi) is 10.3. The average molecular weight is 551 g/mol. The maximum Gasteiger partial charge on any atom is 0.126 e. The fraction of sp³-hybridized carbons (Fsp3) is 0.406. The number of thioether (sulfide) groups is 1. The smallest absolute Gasteiger partial charge is 0.126 e. The molecule has 3 unspecified atom stereocenters. The van der Waals surface area contributed by atoms with E-state index in [1.165, 1.54) is 22.3 Å². The van der Waals surface area contributed by atoms with Crippen LogP contribution in [0.1, 0.15) is 47.4 Å². The lowest BCUT2D eigenvalue weighted by Gasteiger charge is -2.17. The molecule has 0 bridgehead atoms. The lowest BCUT2D eigenvalue weighted by atomic mass is 9.94. The molecule has 0 saturated carbocycles. The van der Waals surface area contributed by atoms with Crippen LogP contribution in [0.15, 0.2) is 54.6 Å². The van der Waals surface area contributed by atoms with E-state index >= 15 is 0 Å². The van der Waals surface area contributed by atoms with Gasteiger partial charge in [0.1, 0.15) is 42.2 Å². The van der Waals surface area contributed by atoms with Crippen LogP contribution in [0, 0.1) is 13.8 Å². The fourth-order valence-corrected chi connectivity index (χ4v) is 5.90. The molecule has 39 heavy (non-hydrogen) atoms. The summed E-state index contributed by atoms with van der Waals surface area (Å²) < 4.78 is 24.0. The zero-order valence-electron chi connectivity index (χ0n) is 23.1. The molecule has 0 aliphatic carbocycles. The van der Waals surface area contributed by atoms with E-state index in [-0.39, 0.29) is 12.0 Å². The van der Waals surface area contributed by atoms with Gasteiger partial charge in [0.25, 0.3) is 0 Å². The number of carbonyl (C=O) groups excluding carboxylic acids is 1. The largest absolute Gasteiger partial charge is 0.492 e. The number of aryl methyl sites for hydroxylation is 2. The maximum atomic E-state index is 10.9. The second kappa shape index (κ2) is 13.9. The van der Waals surface area contributed by atoms with Gasteiger partial charge in [0, 0.05) is 31.1 Å². The van der Waals surface area contributed by atoms with E-state index in [4.69, 9.17) is 24.1 Å².